The number of carbonyl (C=O) groups excluding carboxylic acids is 1. The number of hydrogen-bond acceptors (Lipinski definition) is 5. The van der Waals surface area contributed by atoms with Crippen molar-refractivity contribution in [1.29, 1.82) is 0 Å². The number of likely N-dealkylation sites (tertiary alicyclic amines) is 1. The van der Waals surface area contributed by atoms with Gasteiger partial charge in [-0.05, 0) is 99.4 Å². The van der Waals surface area contributed by atoms with E-state index in [2.05, 4.69) is 33.1 Å². The molecule has 2 aromatic rings. The molecule has 0 unspecified atom stereocenters. The van der Waals surface area contributed by atoms with Gasteiger partial charge in [0.2, 0.25) is 15.9 Å². The van der Waals surface area contributed by atoms with Crippen LogP contribution in [0.15, 0.2) is 35.2 Å². The molecule has 2 aliphatic rings. The molecular formula is C28H38ClN3O4S. The first-order chi connectivity index (χ1) is 17.5. The number of piperidine rings is 1. The number of hydrogen-bond donors (Lipinski definition) is 3. The van der Waals surface area contributed by atoms with Gasteiger partial charge in [0, 0.05) is 30.6 Å². The van der Waals surface area contributed by atoms with Crippen molar-refractivity contribution < 1.29 is 18.3 Å². The summed E-state index contributed by atoms with van der Waals surface area (Å²) in [5.41, 5.74) is 4.88. The van der Waals surface area contributed by atoms with E-state index < -0.39 is 16.1 Å². The molecule has 1 amide bonds. The van der Waals surface area contributed by atoms with Crippen LogP contribution in [0.4, 0.5) is 0 Å². The Balaban J connectivity index is 1.36. The fourth-order valence-corrected chi connectivity index (χ4v) is 7.27. The number of aryl methyl sites for hydroxylation is 3. The lowest BCUT2D eigenvalue weighted by atomic mass is 9.86. The van der Waals surface area contributed by atoms with Gasteiger partial charge in [-0.15, -0.1) is 0 Å². The fraction of sp³-hybridized carbons (Fsp3) is 0.536. The number of fused-ring (bicyclic) bond motifs is 1. The van der Waals surface area contributed by atoms with Crippen molar-refractivity contribution in [3.05, 3.63) is 63.2 Å². The number of amides is 1. The zero-order valence-electron chi connectivity index (χ0n) is 21.9. The van der Waals surface area contributed by atoms with Gasteiger partial charge in [-0.25, -0.2) is 13.1 Å². The average molecular weight is 548 g/mol. The molecular weight excluding hydrogens is 510 g/mol. The van der Waals surface area contributed by atoms with Crippen LogP contribution in [0.2, 0.25) is 5.02 Å². The highest BCUT2D eigenvalue weighted by Crippen LogP contribution is 2.31. The Morgan fingerprint density at radius 1 is 1.16 bits per heavy atom. The number of β-amino-alcohol motifs (C(OH)–C–C–N with tert-alkyl or cyclic N) is 1. The zero-order valence-corrected chi connectivity index (χ0v) is 23.5. The van der Waals surface area contributed by atoms with E-state index in [1.807, 2.05) is 0 Å². The van der Waals surface area contributed by atoms with E-state index in [1.54, 1.807) is 32.9 Å². The molecule has 1 fully saturated rings. The van der Waals surface area contributed by atoms with Crippen molar-refractivity contribution in [3.63, 3.8) is 0 Å². The van der Waals surface area contributed by atoms with E-state index in [1.165, 1.54) is 11.1 Å². The third-order valence-electron chi connectivity index (χ3n) is 7.34. The van der Waals surface area contributed by atoms with Crippen LogP contribution in [0.1, 0.15) is 72.9 Å². The van der Waals surface area contributed by atoms with Crippen LogP contribution in [0.5, 0.6) is 0 Å². The smallest absolute Gasteiger partial charge is 0.241 e. The monoisotopic (exact) mass is 547 g/mol. The van der Waals surface area contributed by atoms with Gasteiger partial charge < -0.3 is 10.4 Å². The number of sulfonamides is 1. The Hall–Kier alpha value is -1.97. The van der Waals surface area contributed by atoms with E-state index in [9.17, 15) is 18.3 Å². The summed E-state index contributed by atoms with van der Waals surface area (Å²) in [5.74, 6) is -0.177. The molecule has 202 valence electrons. The molecule has 0 saturated carbocycles. The quantitative estimate of drug-likeness (QED) is 0.461. The molecule has 0 aromatic heterocycles. The molecule has 0 spiro atoms. The topological polar surface area (TPSA) is 98.7 Å². The molecule has 1 aliphatic heterocycles. The minimum absolute atomic E-state index is 0.0477. The van der Waals surface area contributed by atoms with E-state index in [0.717, 1.165) is 57.3 Å². The maximum atomic E-state index is 13.0. The van der Waals surface area contributed by atoms with E-state index in [0.29, 0.717) is 16.1 Å². The van der Waals surface area contributed by atoms with Crippen LogP contribution in [-0.2, 0) is 27.8 Å². The van der Waals surface area contributed by atoms with Crippen LogP contribution < -0.4 is 10.0 Å². The summed E-state index contributed by atoms with van der Waals surface area (Å²) in [6, 6.07) is 9.04. The SMILES string of the molecule is Cc1cc(S(=O)(=O)N[C@@H](C)CC(=O)N[C@@H]2CCCc3cc(CN4CCC[C@H](O)C4)ccc32)c(C)cc1Cl. The predicted molar refractivity (Wildman–Crippen MR) is 146 cm³/mol. The zero-order chi connectivity index (χ0) is 26.7. The van der Waals surface area contributed by atoms with Crippen LogP contribution >= 0.6 is 11.6 Å². The largest absolute Gasteiger partial charge is 0.392 e. The van der Waals surface area contributed by atoms with Crippen LogP contribution in [0, 0.1) is 13.8 Å². The van der Waals surface area contributed by atoms with Gasteiger partial charge in [0.05, 0.1) is 17.0 Å². The van der Waals surface area contributed by atoms with Gasteiger partial charge in [-0.2, -0.15) is 0 Å². The summed E-state index contributed by atoms with van der Waals surface area (Å²) in [6.45, 7) is 7.72. The van der Waals surface area contributed by atoms with Crippen molar-refractivity contribution in [2.75, 3.05) is 13.1 Å². The number of benzene rings is 2. The van der Waals surface area contributed by atoms with E-state index >= 15 is 0 Å². The Morgan fingerprint density at radius 3 is 2.70 bits per heavy atom. The molecule has 1 saturated heterocycles. The summed E-state index contributed by atoms with van der Waals surface area (Å²) in [5, 5.41) is 13.6. The number of carbonyl (C=O) groups is 1. The van der Waals surface area contributed by atoms with E-state index in [4.69, 9.17) is 11.6 Å². The molecule has 4 rings (SSSR count). The van der Waals surface area contributed by atoms with Crippen molar-refractivity contribution in [3.8, 4) is 0 Å². The van der Waals surface area contributed by atoms with Gasteiger partial charge in [-0.3, -0.25) is 9.69 Å². The van der Waals surface area contributed by atoms with Gasteiger partial charge >= 0.3 is 0 Å². The van der Waals surface area contributed by atoms with Crippen molar-refractivity contribution in [2.24, 2.45) is 0 Å². The second-order valence-corrected chi connectivity index (χ2v) is 12.8. The molecule has 3 N–H and O–H groups in total. The average Bonchev–Trinajstić information content (AvgIpc) is 2.81. The molecule has 7 nitrogen and oxygen atoms in total. The molecule has 9 heteroatoms. The minimum atomic E-state index is -3.79. The van der Waals surface area contributed by atoms with Crippen molar-refractivity contribution >= 4 is 27.5 Å². The normalized spacial score (nSPS) is 21.3. The lowest BCUT2D eigenvalue weighted by molar-refractivity contribution is -0.122. The molecule has 0 radical (unpaired) electrons. The summed E-state index contributed by atoms with van der Waals surface area (Å²) in [6.07, 6.45) is 4.54. The summed E-state index contributed by atoms with van der Waals surface area (Å²) < 4.78 is 28.5. The number of rotatable bonds is 8. The minimum Gasteiger partial charge on any atom is -0.392 e. The van der Waals surface area contributed by atoms with Crippen molar-refractivity contribution in [1.82, 2.24) is 14.9 Å². The van der Waals surface area contributed by atoms with Crippen LogP contribution in [0.25, 0.3) is 0 Å². The first-order valence-electron chi connectivity index (χ1n) is 13.1. The van der Waals surface area contributed by atoms with Gasteiger partial charge in [0.1, 0.15) is 0 Å². The molecule has 1 heterocycles. The van der Waals surface area contributed by atoms with Gasteiger partial charge in [-0.1, -0.05) is 29.8 Å². The highest BCUT2D eigenvalue weighted by Gasteiger charge is 2.26. The molecule has 1 aliphatic carbocycles. The lowest BCUT2D eigenvalue weighted by Crippen LogP contribution is -2.39. The number of nitrogens with zero attached hydrogens (tertiary/aromatic N) is 1. The van der Waals surface area contributed by atoms with Gasteiger partial charge in [0.25, 0.3) is 0 Å². The number of halogens is 1. The standard InChI is InChI=1S/C28H38ClN3O4S/c1-18-13-27(19(2)12-25(18)29)37(35,36)31-20(3)14-28(34)30-26-8-4-6-22-15-21(9-10-24(22)26)16-32-11-5-7-23(33)17-32/h9-10,12-13,15,20,23,26,31,33H,4-8,11,14,16-17H2,1-3H3,(H,30,34)/t20-,23-,26+/m0/s1. The summed E-state index contributed by atoms with van der Waals surface area (Å²) >= 11 is 6.12. The second-order valence-electron chi connectivity index (χ2n) is 10.7. The van der Waals surface area contributed by atoms with Crippen molar-refractivity contribution in [2.45, 2.75) is 88.9 Å². The Bertz CT molecular complexity index is 1250. The number of aliphatic hydroxyl groups is 1. The summed E-state index contributed by atoms with van der Waals surface area (Å²) in [4.78, 5) is 15.4. The predicted octanol–water partition coefficient (Wildman–Crippen LogP) is 4.16. The maximum absolute atomic E-state index is 13.0. The molecule has 2 aromatic carbocycles. The first kappa shape index (κ1) is 28.0. The Kier molecular flexibility index (Phi) is 8.96. The van der Waals surface area contributed by atoms with Crippen LogP contribution in [0.3, 0.4) is 0 Å². The van der Waals surface area contributed by atoms with Gasteiger partial charge in [0.15, 0.2) is 0 Å². The third kappa shape index (κ3) is 7.12. The second kappa shape index (κ2) is 11.8. The van der Waals surface area contributed by atoms with Crippen LogP contribution in [-0.4, -0.2) is 49.6 Å². The molecule has 37 heavy (non-hydrogen) atoms. The third-order valence-corrected chi connectivity index (χ3v) is 9.48. The lowest BCUT2D eigenvalue weighted by Gasteiger charge is -2.31. The Morgan fingerprint density at radius 2 is 1.95 bits per heavy atom. The maximum Gasteiger partial charge on any atom is 0.241 e. The first-order valence-corrected chi connectivity index (χ1v) is 15.0. The summed E-state index contributed by atoms with van der Waals surface area (Å²) in [7, 11) is -3.79. The highest BCUT2D eigenvalue weighted by molar-refractivity contribution is 7.89. The number of aliphatic hydroxyl groups excluding tert-OH is 1. The van der Waals surface area contributed by atoms with E-state index in [-0.39, 0.29) is 29.4 Å². The number of nitrogens with one attached hydrogen (secondary N) is 2. The highest BCUT2D eigenvalue weighted by atomic mass is 35.5. The molecule has 3 atom stereocenters. The fourth-order valence-electron chi connectivity index (χ4n) is 5.49. The Labute approximate surface area is 225 Å². The molecule has 0 bridgehead atoms.